The number of carbonyl (C=O) groups is 1. The Balaban J connectivity index is 2.18. The van der Waals surface area contributed by atoms with E-state index < -0.39 is 0 Å². The lowest BCUT2D eigenvalue weighted by Crippen LogP contribution is -1.98. The number of aldehydes is 1. The molecule has 0 amide bonds. The maximum Gasteiger partial charge on any atom is 0.155 e. The number of rotatable bonds is 3. The van der Waals surface area contributed by atoms with Crippen LogP contribution in [0.25, 0.3) is 5.69 Å². The average molecular weight is 281 g/mol. The molecule has 0 bridgehead atoms. The number of aromatic nitrogens is 2. The number of nitrogens with zero attached hydrogens (tertiary/aromatic N) is 2. The van der Waals surface area contributed by atoms with Gasteiger partial charge in [0.2, 0.25) is 0 Å². The molecule has 1 aromatic heterocycles. The molecule has 0 saturated heterocycles. The van der Waals surface area contributed by atoms with Crippen LogP contribution in [0.2, 0.25) is 10.2 Å². The van der Waals surface area contributed by atoms with Gasteiger partial charge >= 0.3 is 0 Å². The quantitative estimate of drug-likeness (QED) is 0.800. The first-order valence-electron chi connectivity index (χ1n) is 5.71. The Morgan fingerprint density at radius 2 is 2.00 bits per heavy atom. The lowest BCUT2D eigenvalue weighted by Gasteiger charge is -2.04. The predicted octanol–water partition coefficient (Wildman–Crippen LogP) is 3.87. The Kier molecular flexibility index (Phi) is 2.88. The summed E-state index contributed by atoms with van der Waals surface area (Å²) in [6.07, 6.45) is 2.91. The van der Waals surface area contributed by atoms with Gasteiger partial charge in [0, 0.05) is 5.92 Å². The minimum absolute atomic E-state index is 0.333. The van der Waals surface area contributed by atoms with Gasteiger partial charge in [-0.3, -0.25) is 4.79 Å². The lowest BCUT2D eigenvalue weighted by molar-refractivity contribution is 0.112. The van der Waals surface area contributed by atoms with E-state index >= 15 is 0 Å². The Bertz CT molecular complexity index is 617. The van der Waals surface area contributed by atoms with Crippen molar-refractivity contribution in [2.45, 2.75) is 18.8 Å². The molecule has 2 aromatic rings. The number of benzene rings is 1. The number of para-hydroxylation sites is 1. The minimum atomic E-state index is 0.333. The smallest absolute Gasteiger partial charge is 0.155 e. The maximum absolute atomic E-state index is 11.1. The fraction of sp³-hybridized carbons (Fsp3) is 0.231. The van der Waals surface area contributed by atoms with E-state index in [0.29, 0.717) is 27.3 Å². The summed E-state index contributed by atoms with van der Waals surface area (Å²) >= 11 is 12.3. The van der Waals surface area contributed by atoms with E-state index in [-0.39, 0.29) is 0 Å². The molecular formula is C13H10Cl2N2O. The van der Waals surface area contributed by atoms with E-state index in [1.165, 1.54) is 0 Å². The molecule has 1 aliphatic rings. The molecule has 0 unspecified atom stereocenters. The molecular weight excluding hydrogens is 271 g/mol. The van der Waals surface area contributed by atoms with Gasteiger partial charge in [-0.2, -0.15) is 5.10 Å². The monoisotopic (exact) mass is 280 g/mol. The second-order valence-corrected chi connectivity index (χ2v) is 5.11. The first-order valence-corrected chi connectivity index (χ1v) is 6.46. The summed E-state index contributed by atoms with van der Waals surface area (Å²) in [4.78, 5) is 11.1. The number of halogens is 2. The van der Waals surface area contributed by atoms with Crippen molar-refractivity contribution in [3.8, 4) is 5.69 Å². The standard InChI is InChI=1S/C13H10Cl2N2O/c14-10-3-1-2-4-11(10)17-13(15)9(7-18)12(16-17)8-5-6-8/h1-4,7-8H,5-6H2. The highest BCUT2D eigenvalue weighted by atomic mass is 35.5. The molecule has 0 N–H and O–H groups in total. The van der Waals surface area contributed by atoms with Crippen molar-refractivity contribution < 1.29 is 4.79 Å². The second-order valence-electron chi connectivity index (χ2n) is 4.35. The zero-order valence-corrected chi connectivity index (χ0v) is 10.9. The number of hydrogen-bond donors (Lipinski definition) is 0. The fourth-order valence-corrected chi connectivity index (χ4v) is 2.46. The van der Waals surface area contributed by atoms with E-state index in [2.05, 4.69) is 5.10 Å². The third kappa shape index (κ3) is 1.84. The topological polar surface area (TPSA) is 34.9 Å². The van der Waals surface area contributed by atoms with Crippen molar-refractivity contribution in [3.05, 3.63) is 45.7 Å². The van der Waals surface area contributed by atoms with Gasteiger partial charge < -0.3 is 0 Å². The summed E-state index contributed by atoms with van der Waals surface area (Å²) < 4.78 is 1.54. The zero-order valence-electron chi connectivity index (χ0n) is 9.44. The van der Waals surface area contributed by atoms with Gasteiger partial charge in [0.15, 0.2) is 6.29 Å². The van der Waals surface area contributed by atoms with Gasteiger partial charge in [-0.1, -0.05) is 35.3 Å². The van der Waals surface area contributed by atoms with E-state index in [4.69, 9.17) is 23.2 Å². The molecule has 1 saturated carbocycles. The van der Waals surface area contributed by atoms with Crippen molar-refractivity contribution >= 4 is 29.5 Å². The number of hydrogen-bond acceptors (Lipinski definition) is 2. The van der Waals surface area contributed by atoms with Crippen LogP contribution in [0, 0.1) is 0 Å². The molecule has 3 nitrogen and oxygen atoms in total. The molecule has 3 rings (SSSR count). The van der Waals surface area contributed by atoms with Gasteiger partial charge in [0.05, 0.1) is 22.0 Å². The summed E-state index contributed by atoms with van der Waals surface area (Å²) in [6.45, 7) is 0. The van der Waals surface area contributed by atoms with Gasteiger partial charge in [0.25, 0.3) is 0 Å². The molecule has 0 atom stereocenters. The van der Waals surface area contributed by atoms with Gasteiger partial charge in [0.1, 0.15) is 5.15 Å². The summed E-state index contributed by atoms with van der Waals surface area (Å²) in [5.74, 6) is 0.367. The molecule has 0 radical (unpaired) electrons. The molecule has 1 fully saturated rings. The van der Waals surface area contributed by atoms with Crippen molar-refractivity contribution in [2.75, 3.05) is 0 Å². The summed E-state index contributed by atoms with van der Waals surface area (Å²) in [7, 11) is 0. The minimum Gasteiger partial charge on any atom is -0.298 e. The van der Waals surface area contributed by atoms with E-state index in [9.17, 15) is 4.79 Å². The van der Waals surface area contributed by atoms with Crippen LogP contribution in [0.4, 0.5) is 0 Å². The first kappa shape index (κ1) is 11.8. The Hall–Kier alpha value is -1.32. The van der Waals surface area contributed by atoms with Gasteiger partial charge in [-0.15, -0.1) is 0 Å². The largest absolute Gasteiger partial charge is 0.298 e. The van der Waals surface area contributed by atoms with Crippen molar-refractivity contribution in [1.29, 1.82) is 0 Å². The maximum atomic E-state index is 11.1. The second kappa shape index (κ2) is 4.41. The Morgan fingerprint density at radius 3 is 2.61 bits per heavy atom. The SMILES string of the molecule is O=Cc1c(C2CC2)nn(-c2ccccc2Cl)c1Cl. The predicted molar refractivity (Wildman–Crippen MR) is 70.9 cm³/mol. The van der Waals surface area contributed by atoms with Gasteiger partial charge in [-0.05, 0) is 25.0 Å². The van der Waals surface area contributed by atoms with Crippen molar-refractivity contribution in [2.24, 2.45) is 0 Å². The van der Waals surface area contributed by atoms with Crippen LogP contribution >= 0.6 is 23.2 Å². The van der Waals surface area contributed by atoms with Crippen LogP contribution in [0.5, 0.6) is 0 Å². The Labute approximate surface area is 114 Å². The third-order valence-electron chi connectivity index (χ3n) is 3.05. The first-order chi connectivity index (χ1) is 8.72. The highest BCUT2D eigenvalue weighted by Gasteiger charge is 2.31. The fourth-order valence-electron chi connectivity index (χ4n) is 1.98. The van der Waals surface area contributed by atoms with Crippen LogP contribution in [-0.2, 0) is 0 Å². The summed E-state index contributed by atoms with van der Waals surface area (Å²) in [5, 5.41) is 5.33. The molecule has 18 heavy (non-hydrogen) atoms. The van der Waals surface area contributed by atoms with Crippen LogP contribution < -0.4 is 0 Å². The molecule has 0 spiro atoms. The molecule has 5 heteroatoms. The highest BCUT2D eigenvalue weighted by molar-refractivity contribution is 6.34. The molecule has 1 aromatic carbocycles. The average Bonchev–Trinajstić information content (AvgIpc) is 3.15. The van der Waals surface area contributed by atoms with E-state index in [1.54, 1.807) is 10.7 Å². The zero-order chi connectivity index (χ0) is 12.7. The molecule has 1 aliphatic carbocycles. The summed E-state index contributed by atoms with van der Waals surface area (Å²) in [6, 6.07) is 7.29. The van der Waals surface area contributed by atoms with Gasteiger partial charge in [-0.25, -0.2) is 4.68 Å². The highest BCUT2D eigenvalue weighted by Crippen LogP contribution is 2.42. The normalized spacial score (nSPS) is 14.8. The van der Waals surface area contributed by atoms with Crippen LogP contribution in [0.15, 0.2) is 24.3 Å². The van der Waals surface area contributed by atoms with Crippen LogP contribution in [0.3, 0.4) is 0 Å². The Morgan fingerprint density at radius 1 is 1.28 bits per heavy atom. The lowest BCUT2D eigenvalue weighted by atomic mass is 10.2. The van der Waals surface area contributed by atoms with Crippen LogP contribution in [-0.4, -0.2) is 16.1 Å². The molecule has 0 aliphatic heterocycles. The van der Waals surface area contributed by atoms with Crippen molar-refractivity contribution in [1.82, 2.24) is 9.78 Å². The van der Waals surface area contributed by atoms with Crippen molar-refractivity contribution in [3.63, 3.8) is 0 Å². The molecule has 92 valence electrons. The summed E-state index contributed by atoms with van der Waals surface area (Å²) in [5.41, 5.74) is 1.97. The van der Waals surface area contributed by atoms with E-state index in [0.717, 1.165) is 24.8 Å². The number of carbonyl (C=O) groups excluding carboxylic acids is 1. The molecule has 1 heterocycles. The third-order valence-corrected chi connectivity index (χ3v) is 3.74. The van der Waals surface area contributed by atoms with Crippen LogP contribution in [0.1, 0.15) is 34.8 Å². The van der Waals surface area contributed by atoms with E-state index in [1.807, 2.05) is 18.2 Å².